The van der Waals surface area contributed by atoms with E-state index in [1.54, 1.807) is 0 Å². The van der Waals surface area contributed by atoms with E-state index in [0.29, 0.717) is 25.9 Å². The molecule has 0 fully saturated rings. The van der Waals surface area contributed by atoms with Crippen molar-refractivity contribution in [1.82, 2.24) is 9.55 Å². The summed E-state index contributed by atoms with van der Waals surface area (Å²) in [6.07, 6.45) is 2.50. The fraction of sp³-hybridized carbons (Fsp3) is 0.692. The monoisotopic (exact) mass is 284 g/mol. The molecule has 7 heteroatoms. The van der Waals surface area contributed by atoms with Crippen LogP contribution in [0.1, 0.15) is 39.5 Å². The summed E-state index contributed by atoms with van der Waals surface area (Å²) >= 11 is 0. The van der Waals surface area contributed by atoms with Crippen LogP contribution in [0.25, 0.3) is 0 Å². The summed E-state index contributed by atoms with van der Waals surface area (Å²) in [5, 5.41) is 12.4. The molecule has 0 amide bonds. The SMILES string of the molecule is CCCCn1c(N)c(NCCC(O)CC)c(=O)[nH]c1=O. The number of hydrogen-bond donors (Lipinski definition) is 4. The van der Waals surface area contributed by atoms with Crippen LogP contribution in [0.4, 0.5) is 11.5 Å². The molecule has 0 saturated heterocycles. The largest absolute Gasteiger partial charge is 0.393 e. The van der Waals surface area contributed by atoms with E-state index in [9.17, 15) is 14.7 Å². The molecule has 1 aromatic heterocycles. The van der Waals surface area contributed by atoms with Crippen LogP contribution >= 0.6 is 0 Å². The third-order valence-corrected chi connectivity index (χ3v) is 3.23. The van der Waals surface area contributed by atoms with Crippen LogP contribution in [0.5, 0.6) is 0 Å². The molecular weight excluding hydrogens is 260 g/mol. The number of anilines is 2. The van der Waals surface area contributed by atoms with Gasteiger partial charge in [-0.2, -0.15) is 0 Å². The normalized spacial score (nSPS) is 12.3. The Morgan fingerprint density at radius 2 is 2.10 bits per heavy atom. The predicted molar refractivity (Wildman–Crippen MR) is 80.0 cm³/mol. The first-order valence-corrected chi connectivity index (χ1v) is 7.05. The molecule has 1 heterocycles. The van der Waals surface area contributed by atoms with Gasteiger partial charge in [0.2, 0.25) is 0 Å². The van der Waals surface area contributed by atoms with Crippen molar-refractivity contribution in [3.63, 3.8) is 0 Å². The Balaban J connectivity index is 2.90. The van der Waals surface area contributed by atoms with E-state index in [1.807, 2.05) is 13.8 Å². The van der Waals surface area contributed by atoms with Crippen LogP contribution in [0, 0.1) is 0 Å². The van der Waals surface area contributed by atoms with Gasteiger partial charge < -0.3 is 16.2 Å². The van der Waals surface area contributed by atoms with Gasteiger partial charge in [-0.15, -0.1) is 0 Å². The Kier molecular flexibility index (Phi) is 6.30. The van der Waals surface area contributed by atoms with E-state index >= 15 is 0 Å². The highest BCUT2D eigenvalue weighted by atomic mass is 16.3. The van der Waals surface area contributed by atoms with Crippen LogP contribution in [0.2, 0.25) is 0 Å². The molecule has 114 valence electrons. The number of nitrogens with one attached hydrogen (secondary N) is 2. The first-order valence-electron chi connectivity index (χ1n) is 7.05. The van der Waals surface area contributed by atoms with Gasteiger partial charge in [0.1, 0.15) is 11.5 Å². The zero-order valence-electron chi connectivity index (χ0n) is 12.1. The lowest BCUT2D eigenvalue weighted by atomic mass is 10.2. The summed E-state index contributed by atoms with van der Waals surface area (Å²) in [6.45, 7) is 4.80. The number of nitrogens with two attached hydrogens (primary N) is 1. The molecule has 1 aromatic rings. The third-order valence-electron chi connectivity index (χ3n) is 3.23. The lowest BCUT2D eigenvalue weighted by Gasteiger charge is -2.14. The number of nitrogen functional groups attached to an aromatic ring is 1. The van der Waals surface area contributed by atoms with E-state index in [2.05, 4.69) is 10.3 Å². The van der Waals surface area contributed by atoms with Crippen LogP contribution in [0.15, 0.2) is 9.59 Å². The number of aliphatic hydroxyl groups is 1. The van der Waals surface area contributed by atoms with Crippen molar-refractivity contribution in [2.45, 2.75) is 52.2 Å². The average Bonchev–Trinajstić information content (AvgIpc) is 2.41. The molecule has 0 spiro atoms. The van der Waals surface area contributed by atoms with E-state index in [4.69, 9.17) is 5.73 Å². The Labute approximate surface area is 117 Å². The lowest BCUT2D eigenvalue weighted by molar-refractivity contribution is 0.164. The minimum absolute atomic E-state index is 0.151. The zero-order chi connectivity index (χ0) is 15.1. The van der Waals surface area contributed by atoms with E-state index in [0.717, 1.165) is 12.8 Å². The highest BCUT2D eigenvalue weighted by molar-refractivity contribution is 5.60. The van der Waals surface area contributed by atoms with Gasteiger partial charge >= 0.3 is 5.69 Å². The maximum atomic E-state index is 11.8. The number of aromatic nitrogens is 2. The zero-order valence-corrected chi connectivity index (χ0v) is 12.1. The molecule has 1 unspecified atom stereocenters. The minimum Gasteiger partial charge on any atom is -0.393 e. The van der Waals surface area contributed by atoms with Gasteiger partial charge in [-0.05, 0) is 19.3 Å². The summed E-state index contributed by atoms with van der Waals surface area (Å²) in [7, 11) is 0. The second kappa shape index (κ2) is 7.74. The van der Waals surface area contributed by atoms with Crippen molar-refractivity contribution in [3.05, 3.63) is 20.8 Å². The van der Waals surface area contributed by atoms with E-state index in [1.165, 1.54) is 4.57 Å². The predicted octanol–water partition coefficient (Wildman–Crippen LogP) is 0.492. The molecule has 0 bridgehead atoms. The first kappa shape index (κ1) is 16.3. The fourth-order valence-electron chi connectivity index (χ4n) is 1.86. The Morgan fingerprint density at radius 1 is 1.40 bits per heavy atom. The summed E-state index contributed by atoms with van der Waals surface area (Å²) in [5.41, 5.74) is 5.08. The molecule has 1 atom stereocenters. The Morgan fingerprint density at radius 3 is 2.70 bits per heavy atom. The van der Waals surface area contributed by atoms with Gasteiger partial charge in [-0.3, -0.25) is 14.3 Å². The topological polar surface area (TPSA) is 113 Å². The van der Waals surface area contributed by atoms with Crippen LogP contribution < -0.4 is 22.3 Å². The smallest absolute Gasteiger partial charge is 0.330 e. The quantitative estimate of drug-likeness (QED) is 0.555. The van der Waals surface area contributed by atoms with Gasteiger partial charge in [0, 0.05) is 13.1 Å². The molecule has 0 aliphatic rings. The average molecular weight is 284 g/mol. The molecule has 1 rings (SSSR count). The van der Waals surface area contributed by atoms with Crippen LogP contribution in [-0.4, -0.2) is 27.3 Å². The Hall–Kier alpha value is -1.76. The molecule has 0 aromatic carbocycles. The molecule has 5 N–H and O–H groups in total. The van der Waals surface area contributed by atoms with Gasteiger partial charge in [0.15, 0.2) is 0 Å². The minimum atomic E-state index is -0.522. The van der Waals surface area contributed by atoms with Crippen molar-refractivity contribution < 1.29 is 5.11 Å². The number of nitrogens with zero attached hydrogens (tertiary/aromatic N) is 1. The van der Waals surface area contributed by atoms with Crippen LogP contribution in [0.3, 0.4) is 0 Å². The van der Waals surface area contributed by atoms with Gasteiger partial charge in [-0.25, -0.2) is 4.79 Å². The summed E-state index contributed by atoms with van der Waals surface area (Å²) in [6, 6.07) is 0. The fourth-order valence-corrected chi connectivity index (χ4v) is 1.86. The molecule has 0 saturated carbocycles. The van der Waals surface area contributed by atoms with Crippen molar-refractivity contribution in [1.29, 1.82) is 0 Å². The standard InChI is InChI=1S/C13H24N4O3/c1-3-5-8-17-11(14)10(12(19)16-13(17)20)15-7-6-9(18)4-2/h9,15,18H,3-8,14H2,1-2H3,(H,16,19,20). The van der Waals surface area contributed by atoms with E-state index in [-0.39, 0.29) is 11.5 Å². The van der Waals surface area contributed by atoms with Gasteiger partial charge in [-0.1, -0.05) is 20.3 Å². The number of H-pyrrole nitrogens is 1. The van der Waals surface area contributed by atoms with Crippen molar-refractivity contribution >= 4 is 11.5 Å². The number of hydrogen-bond acceptors (Lipinski definition) is 5. The van der Waals surface area contributed by atoms with Crippen LogP contribution in [-0.2, 0) is 6.54 Å². The first-order chi connectivity index (χ1) is 9.51. The summed E-state index contributed by atoms with van der Waals surface area (Å²) in [4.78, 5) is 25.7. The third kappa shape index (κ3) is 4.12. The van der Waals surface area contributed by atoms with Gasteiger partial charge in [0.05, 0.1) is 6.10 Å². The second-order valence-electron chi connectivity index (χ2n) is 4.80. The second-order valence-corrected chi connectivity index (χ2v) is 4.80. The van der Waals surface area contributed by atoms with Gasteiger partial charge in [0.25, 0.3) is 5.56 Å². The maximum absolute atomic E-state index is 11.8. The Bertz CT molecular complexity index is 535. The molecular formula is C13H24N4O3. The number of rotatable bonds is 8. The maximum Gasteiger partial charge on any atom is 0.330 e. The molecule has 0 aliphatic heterocycles. The van der Waals surface area contributed by atoms with Crippen molar-refractivity contribution in [3.8, 4) is 0 Å². The molecule has 0 aliphatic carbocycles. The van der Waals surface area contributed by atoms with Crippen molar-refractivity contribution in [2.24, 2.45) is 0 Å². The number of aliphatic hydroxyl groups excluding tert-OH is 1. The number of aromatic amines is 1. The highest BCUT2D eigenvalue weighted by Crippen LogP contribution is 2.11. The van der Waals surface area contributed by atoms with E-state index < -0.39 is 17.4 Å². The summed E-state index contributed by atoms with van der Waals surface area (Å²) < 4.78 is 1.36. The number of unbranched alkanes of at least 4 members (excludes halogenated alkanes) is 1. The lowest BCUT2D eigenvalue weighted by Crippen LogP contribution is -2.34. The molecule has 0 radical (unpaired) electrons. The molecule has 20 heavy (non-hydrogen) atoms. The molecule has 7 nitrogen and oxygen atoms in total. The highest BCUT2D eigenvalue weighted by Gasteiger charge is 2.12. The summed E-state index contributed by atoms with van der Waals surface area (Å²) in [5.74, 6) is 0.151. The van der Waals surface area contributed by atoms with Crippen molar-refractivity contribution in [2.75, 3.05) is 17.6 Å².